The monoisotopic (exact) mass is 470 g/mol. The van der Waals surface area contributed by atoms with Gasteiger partial charge in [0.2, 0.25) is 11.8 Å². The van der Waals surface area contributed by atoms with Crippen molar-refractivity contribution in [3.63, 3.8) is 0 Å². The molecule has 8 heteroatoms. The van der Waals surface area contributed by atoms with Gasteiger partial charge in [0.25, 0.3) is 0 Å². The Labute approximate surface area is 196 Å². The normalized spacial score (nSPS) is 19.1. The molecule has 3 aromatic rings. The summed E-state index contributed by atoms with van der Waals surface area (Å²) in [5.74, 6) is 0.109. The largest absolute Gasteiger partial charge is 0.350 e. The van der Waals surface area contributed by atoms with Crippen LogP contribution in [0.1, 0.15) is 30.9 Å². The molecule has 3 heterocycles. The lowest BCUT2D eigenvalue weighted by Gasteiger charge is -2.17. The SMILES string of the molecule is C[C@H](NC(=O)[C@H]1C[C@H](CCc2ccccc2)CN1)C(=O)NCc1cnc2scc(Cl)c2c1. The number of aromatic nitrogens is 1. The van der Waals surface area contributed by atoms with E-state index in [0.29, 0.717) is 17.5 Å². The Hall–Kier alpha value is -2.48. The minimum absolute atomic E-state index is 0.122. The van der Waals surface area contributed by atoms with Crippen LogP contribution >= 0.6 is 22.9 Å². The highest BCUT2D eigenvalue weighted by Gasteiger charge is 2.30. The number of carbonyl (C=O) groups excluding carboxylic acids is 2. The van der Waals surface area contributed by atoms with Crippen LogP contribution in [0.2, 0.25) is 5.02 Å². The second-order valence-corrected chi connectivity index (χ2v) is 9.58. The molecule has 1 aliphatic heterocycles. The van der Waals surface area contributed by atoms with Gasteiger partial charge in [0.1, 0.15) is 10.9 Å². The molecular formula is C24H27ClN4O2S. The Bertz CT molecular complexity index is 1090. The molecule has 0 radical (unpaired) electrons. The van der Waals surface area contributed by atoms with Crippen molar-refractivity contribution in [3.05, 3.63) is 64.1 Å². The van der Waals surface area contributed by atoms with Crippen LogP contribution < -0.4 is 16.0 Å². The molecule has 2 amide bonds. The first-order chi connectivity index (χ1) is 15.5. The predicted molar refractivity (Wildman–Crippen MR) is 129 cm³/mol. The van der Waals surface area contributed by atoms with Crippen LogP contribution in [0.4, 0.5) is 0 Å². The maximum Gasteiger partial charge on any atom is 0.242 e. The summed E-state index contributed by atoms with van der Waals surface area (Å²) in [5.41, 5.74) is 2.18. The fourth-order valence-corrected chi connectivity index (χ4v) is 5.08. The van der Waals surface area contributed by atoms with Gasteiger partial charge < -0.3 is 16.0 Å². The van der Waals surface area contributed by atoms with Crippen molar-refractivity contribution >= 4 is 45.0 Å². The lowest BCUT2D eigenvalue weighted by Crippen LogP contribution is -2.49. The van der Waals surface area contributed by atoms with Gasteiger partial charge in [-0.15, -0.1) is 11.3 Å². The Morgan fingerprint density at radius 3 is 2.91 bits per heavy atom. The number of pyridine rings is 1. The second-order valence-electron chi connectivity index (χ2n) is 8.31. The first-order valence-electron chi connectivity index (χ1n) is 10.9. The number of thiophene rings is 1. The van der Waals surface area contributed by atoms with Crippen molar-refractivity contribution in [2.75, 3.05) is 6.54 Å². The zero-order valence-electron chi connectivity index (χ0n) is 17.9. The molecule has 1 aromatic carbocycles. The highest BCUT2D eigenvalue weighted by atomic mass is 35.5. The second kappa shape index (κ2) is 10.4. The molecule has 0 spiro atoms. The summed E-state index contributed by atoms with van der Waals surface area (Å²) in [5, 5.41) is 12.4. The van der Waals surface area contributed by atoms with E-state index in [0.717, 1.165) is 41.6 Å². The molecule has 0 bridgehead atoms. The van der Waals surface area contributed by atoms with E-state index in [1.54, 1.807) is 13.1 Å². The van der Waals surface area contributed by atoms with Crippen LogP contribution in [0.5, 0.6) is 0 Å². The number of hydrogen-bond acceptors (Lipinski definition) is 5. The Morgan fingerprint density at radius 1 is 1.28 bits per heavy atom. The van der Waals surface area contributed by atoms with E-state index in [-0.39, 0.29) is 17.9 Å². The van der Waals surface area contributed by atoms with Crippen LogP contribution in [0.25, 0.3) is 10.2 Å². The van der Waals surface area contributed by atoms with Gasteiger partial charge >= 0.3 is 0 Å². The third-order valence-corrected chi connectivity index (χ3v) is 7.22. The molecule has 6 nitrogen and oxygen atoms in total. The van der Waals surface area contributed by atoms with Crippen LogP contribution in [-0.4, -0.2) is 35.4 Å². The van der Waals surface area contributed by atoms with Crippen LogP contribution in [0.15, 0.2) is 48.0 Å². The Kier molecular flexibility index (Phi) is 7.40. The van der Waals surface area contributed by atoms with Crippen molar-refractivity contribution < 1.29 is 9.59 Å². The summed E-state index contributed by atoms with van der Waals surface area (Å²) in [6, 6.07) is 11.5. The third kappa shape index (κ3) is 5.65. The van der Waals surface area contributed by atoms with Crippen LogP contribution in [0.3, 0.4) is 0 Å². The molecule has 4 rings (SSSR count). The lowest BCUT2D eigenvalue weighted by atomic mass is 9.96. The van der Waals surface area contributed by atoms with Crippen LogP contribution in [0, 0.1) is 5.92 Å². The maximum absolute atomic E-state index is 12.6. The van der Waals surface area contributed by atoms with E-state index < -0.39 is 6.04 Å². The van der Waals surface area contributed by atoms with Gasteiger partial charge in [-0.3, -0.25) is 9.59 Å². The first kappa shape index (κ1) is 22.7. The molecule has 0 saturated carbocycles. The fraction of sp³-hybridized carbons (Fsp3) is 0.375. The summed E-state index contributed by atoms with van der Waals surface area (Å²) in [4.78, 5) is 30.4. The van der Waals surface area contributed by atoms with Gasteiger partial charge in [0.15, 0.2) is 0 Å². The van der Waals surface area contributed by atoms with E-state index in [1.165, 1.54) is 16.9 Å². The van der Waals surface area contributed by atoms with E-state index in [1.807, 2.05) is 17.5 Å². The standard InChI is InChI=1S/C24H27ClN4O2S/c1-15(22(30)27-12-18-9-19-20(25)14-32-24(19)28-13-18)29-23(31)21-10-17(11-26-21)8-7-16-5-3-2-4-6-16/h2-6,9,13-15,17,21,26H,7-8,10-12H2,1H3,(H,27,30)(H,29,31)/t15-,17-,21+/m0/s1. The molecular weight excluding hydrogens is 444 g/mol. The highest BCUT2D eigenvalue weighted by Crippen LogP contribution is 2.28. The molecule has 2 aromatic heterocycles. The average Bonchev–Trinajstić information content (AvgIpc) is 3.43. The first-order valence-corrected chi connectivity index (χ1v) is 12.1. The molecule has 0 unspecified atom stereocenters. The van der Waals surface area contributed by atoms with Crippen molar-refractivity contribution in [1.82, 2.24) is 20.9 Å². The number of benzene rings is 1. The number of fused-ring (bicyclic) bond motifs is 1. The van der Waals surface area contributed by atoms with E-state index in [9.17, 15) is 9.59 Å². The summed E-state index contributed by atoms with van der Waals surface area (Å²) < 4.78 is 0. The van der Waals surface area contributed by atoms with Gasteiger partial charge in [-0.25, -0.2) is 4.98 Å². The van der Waals surface area contributed by atoms with E-state index in [4.69, 9.17) is 11.6 Å². The Balaban J connectivity index is 1.21. The molecule has 32 heavy (non-hydrogen) atoms. The molecule has 168 valence electrons. The smallest absolute Gasteiger partial charge is 0.242 e. The molecule has 0 aliphatic carbocycles. The van der Waals surface area contributed by atoms with Gasteiger partial charge in [-0.1, -0.05) is 41.9 Å². The van der Waals surface area contributed by atoms with Gasteiger partial charge in [-0.05, 0) is 55.8 Å². The van der Waals surface area contributed by atoms with Gasteiger partial charge in [-0.2, -0.15) is 0 Å². The van der Waals surface area contributed by atoms with Crippen molar-refractivity contribution in [1.29, 1.82) is 0 Å². The van der Waals surface area contributed by atoms with E-state index >= 15 is 0 Å². The predicted octanol–water partition coefficient (Wildman–Crippen LogP) is 3.68. The van der Waals surface area contributed by atoms with Gasteiger partial charge in [0, 0.05) is 23.5 Å². The number of amides is 2. The number of carbonyl (C=O) groups is 2. The van der Waals surface area contributed by atoms with Gasteiger partial charge in [0.05, 0.1) is 11.1 Å². The number of hydrogen-bond donors (Lipinski definition) is 3. The van der Waals surface area contributed by atoms with Crippen molar-refractivity contribution in [2.24, 2.45) is 5.92 Å². The summed E-state index contributed by atoms with van der Waals surface area (Å²) in [7, 11) is 0. The number of aryl methyl sites for hydroxylation is 1. The summed E-state index contributed by atoms with van der Waals surface area (Å²) in [6.45, 7) is 2.86. The molecule has 3 atom stereocenters. The number of nitrogens with zero attached hydrogens (tertiary/aromatic N) is 1. The quantitative estimate of drug-likeness (QED) is 0.469. The average molecular weight is 471 g/mol. The summed E-state index contributed by atoms with van der Waals surface area (Å²) >= 11 is 7.66. The van der Waals surface area contributed by atoms with Crippen LogP contribution in [-0.2, 0) is 22.6 Å². The topological polar surface area (TPSA) is 83.1 Å². The maximum atomic E-state index is 12.6. The minimum Gasteiger partial charge on any atom is -0.350 e. The number of rotatable bonds is 8. The zero-order chi connectivity index (χ0) is 22.5. The Morgan fingerprint density at radius 2 is 2.09 bits per heavy atom. The summed E-state index contributed by atoms with van der Waals surface area (Å²) in [6.07, 6.45) is 4.58. The molecule has 1 saturated heterocycles. The third-order valence-electron chi connectivity index (χ3n) is 5.88. The molecule has 1 aliphatic rings. The van der Waals surface area contributed by atoms with Crippen molar-refractivity contribution in [3.8, 4) is 0 Å². The fourth-order valence-electron chi connectivity index (χ4n) is 3.99. The molecule has 3 N–H and O–H groups in total. The number of halogens is 1. The molecule has 1 fully saturated rings. The minimum atomic E-state index is -0.617. The number of nitrogens with one attached hydrogen (secondary N) is 3. The highest BCUT2D eigenvalue weighted by molar-refractivity contribution is 7.17. The van der Waals surface area contributed by atoms with E-state index in [2.05, 4.69) is 45.2 Å². The lowest BCUT2D eigenvalue weighted by molar-refractivity contribution is -0.129. The van der Waals surface area contributed by atoms with Crippen molar-refractivity contribution in [2.45, 2.75) is 44.8 Å². The zero-order valence-corrected chi connectivity index (χ0v) is 19.5.